The molecule has 2 aromatic heterocycles. The van der Waals surface area contributed by atoms with Crippen LogP contribution in [-0.2, 0) is 11.3 Å². The van der Waals surface area contributed by atoms with E-state index in [1.165, 1.54) is 0 Å². The highest BCUT2D eigenvalue weighted by Crippen LogP contribution is 2.48. The number of thiazole rings is 1. The number of ether oxygens (including phenoxy) is 1. The monoisotopic (exact) mass is 555 g/mol. The van der Waals surface area contributed by atoms with Crippen LogP contribution in [0.4, 0.5) is 5.13 Å². The van der Waals surface area contributed by atoms with Gasteiger partial charge in [-0.2, -0.15) is 0 Å². The normalized spacial score (nSPS) is 22.9. The van der Waals surface area contributed by atoms with Crippen molar-refractivity contribution in [1.29, 1.82) is 0 Å². The molecule has 7 nitrogen and oxygen atoms in total. The summed E-state index contributed by atoms with van der Waals surface area (Å²) in [6, 6.07) is 10.9. The first kappa shape index (κ1) is 23.5. The number of aromatic carboxylic acids is 1. The molecular weight excluding hydrogens is 533 g/mol. The maximum absolute atomic E-state index is 11.3. The average Bonchev–Trinajstić information content (AvgIpc) is 3.21. The highest BCUT2D eigenvalue weighted by atomic mass is 35.5. The summed E-state index contributed by atoms with van der Waals surface area (Å²) in [5.74, 6) is 0.765. The van der Waals surface area contributed by atoms with E-state index in [1.54, 1.807) is 29.5 Å². The molecule has 3 fully saturated rings. The van der Waals surface area contributed by atoms with Crippen molar-refractivity contribution in [3.8, 4) is 11.3 Å². The van der Waals surface area contributed by atoms with E-state index in [9.17, 15) is 9.90 Å². The van der Waals surface area contributed by atoms with Crippen molar-refractivity contribution >= 4 is 55.9 Å². The Labute approximate surface area is 226 Å². The molecule has 4 aromatic rings. The average molecular weight is 556 g/mol. The standard InChI is InChI=1S/C27H23Cl2N3O4S/c28-18-2-1-3-19(29)23(18)24-17(25(36-31-24)13-4-5-13)12-35-21-10-16-8-15(21)11-32(16)27-30-20-7-6-14(26(33)34)9-22(20)37-27/h1-3,6-7,9,13,15-16,21H,4-5,8,10-12H2,(H,33,34)/t15-,16-,21?/m0/s1. The molecule has 7 rings (SSSR count). The minimum atomic E-state index is -0.922. The van der Waals surface area contributed by atoms with E-state index in [4.69, 9.17) is 37.4 Å². The fraction of sp³-hybridized carbons (Fsp3) is 0.370. The van der Waals surface area contributed by atoms with Crippen LogP contribution >= 0.6 is 34.5 Å². The van der Waals surface area contributed by atoms with Crippen molar-refractivity contribution in [3.05, 3.63) is 63.3 Å². The fourth-order valence-electron chi connectivity index (χ4n) is 5.75. The predicted molar refractivity (Wildman–Crippen MR) is 143 cm³/mol. The molecule has 3 atom stereocenters. The van der Waals surface area contributed by atoms with E-state index in [1.807, 2.05) is 18.2 Å². The SMILES string of the molecule is O=C(O)c1ccc2nc(N3C[C@@H]4C[C@H]3CC4OCc3c(-c4c(Cl)cccc4Cl)noc3C3CC3)sc2c1. The van der Waals surface area contributed by atoms with Gasteiger partial charge < -0.3 is 19.3 Å². The van der Waals surface area contributed by atoms with E-state index in [2.05, 4.69) is 10.1 Å². The lowest BCUT2D eigenvalue weighted by Gasteiger charge is -2.31. The predicted octanol–water partition coefficient (Wildman–Crippen LogP) is 7.02. The molecule has 0 amide bonds. The van der Waals surface area contributed by atoms with Gasteiger partial charge in [0.25, 0.3) is 0 Å². The van der Waals surface area contributed by atoms with Crippen molar-refractivity contribution < 1.29 is 19.2 Å². The second kappa shape index (κ2) is 8.98. The Morgan fingerprint density at radius 3 is 2.70 bits per heavy atom. The Morgan fingerprint density at radius 2 is 2.00 bits per heavy atom. The van der Waals surface area contributed by atoms with Crippen LogP contribution in [0.3, 0.4) is 0 Å². The van der Waals surface area contributed by atoms with Gasteiger partial charge in [-0.25, -0.2) is 9.78 Å². The molecular formula is C27H23Cl2N3O4S. The first-order valence-corrected chi connectivity index (χ1v) is 14.0. The largest absolute Gasteiger partial charge is 0.478 e. The van der Waals surface area contributed by atoms with Crippen LogP contribution in [0.2, 0.25) is 10.0 Å². The maximum Gasteiger partial charge on any atom is 0.335 e. The Morgan fingerprint density at radius 1 is 1.19 bits per heavy atom. The quantitative estimate of drug-likeness (QED) is 0.262. The van der Waals surface area contributed by atoms with E-state index in [0.29, 0.717) is 45.8 Å². The number of hydrogen-bond donors (Lipinski definition) is 1. The lowest BCUT2D eigenvalue weighted by molar-refractivity contribution is 0.0122. The van der Waals surface area contributed by atoms with Crippen LogP contribution in [0, 0.1) is 5.92 Å². The Kier molecular flexibility index (Phi) is 5.69. The summed E-state index contributed by atoms with van der Waals surface area (Å²) in [7, 11) is 0. The van der Waals surface area contributed by atoms with Crippen LogP contribution in [0.1, 0.15) is 53.3 Å². The Bertz CT molecular complexity index is 1510. The number of fused-ring (bicyclic) bond motifs is 3. The maximum atomic E-state index is 11.3. The van der Waals surface area contributed by atoms with Crippen molar-refractivity contribution in [2.24, 2.45) is 5.92 Å². The molecule has 2 bridgehead atoms. The third kappa shape index (κ3) is 4.11. The summed E-state index contributed by atoms with van der Waals surface area (Å²) >= 11 is 14.6. The summed E-state index contributed by atoms with van der Waals surface area (Å²) in [5.41, 5.74) is 3.46. The van der Waals surface area contributed by atoms with Crippen molar-refractivity contribution in [1.82, 2.24) is 10.1 Å². The van der Waals surface area contributed by atoms with Crippen LogP contribution in [0.25, 0.3) is 21.5 Å². The van der Waals surface area contributed by atoms with Gasteiger partial charge in [-0.3, -0.25) is 0 Å². The van der Waals surface area contributed by atoms with Gasteiger partial charge in [0.05, 0.1) is 38.5 Å². The van der Waals surface area contributed by atoms with E-state index < -0.39 is 5.97 Å². The van der Waals surface area contributed by atoms with Crippen LogP contribution in [0.15, 0.2) is 40.9 Å². The van der Waals surface area contributed by atoms with Crippen LogP contribution < -0.4 is 4.90 Å². The molecule has 2 saturated carbocycles. The molecule has 2 aromatic carbocycles. The molecule has 190 valence electrons. The number of benzene rings is 2. The number of rotatable bonds is 7. The number of carboxylic acid groups (broad SMARTS) is 1. The van der Waals surface area contributed by atoms with Crippen LogP contribution in [-0.4, -0.2) is 39.9 Å². The summed E-state index contributed by atoms with van der Waals surface area (Å²) in [5, 5.41) is 15.7. The van der Waals surface area contributed by atoms with Crippen molar-refractivity contribution in [3.63, 3.8) is 0 Å². The van der Waals surface area contributed by atoms with Gasteiger partial charge in [0.1, 0.15) is 11.5 Å². The smallest absolute Gasteiger partial charge is 0.335 e. The number of aromatic nitrogens is 2. The number of carboxylic acids is 1. The van der Waals surface area contributed by atoms with Gasteiger partial charge in [0, 0.05) is 35.5 Å². The molecule has 0 radical (unpaired) electrons. The molecule has 37 heavy (non-hydrogen) atoms. The van der Waals surface area contributed by atoms with Gasteiger partial charge in [0.2, 0.25) is 0 Å². The molecule has 1 N–H and O–H groups in total. The number of halogens is 2. The van der Waals surface area contributed by atoms with E-state index >= 15 is 0 Å². The molecule has 2 aliphatic carbocycles. The second-order valence-corrected chi connectivity index (χ2v) is 11.9. The molecule has 0 spiro atoms. The zero-order chi connectivity index (χ0) is 25.3. The number of piperidine rings is 1. The van der Waals surface area contributed by atoms with Crippen molar-refractivity contribution in [2.45, 2.75) is 50.4 Å². The number of anilines is 1. The first-order valence-electron chi connectivity index (χ1n) is 12.4. The number of nitrogens with zero attached hydrogens (tertiary/aromatic N) is 3. The van der Waals surface area contributed by atoms with Gasteiger partial charge in [0.15, 0.2) is 5.13 Å². The molecule has 1 aliphatic heterocycles. The fourth-order valence-corrected chi connectivity index (χ4v) is 7.41. The minimum Gasteiger partial charge on any atom is -0.478 e. The highest BCUT2D eigenvalue weighted by molar-refractivity contribution is 7.22. The third-order valence-electron chi connectivity index (χ3n) is 7.75. The van der Waals surface area contributed by atoms with Crippen LogP contribution in [0.5, 0.6) is 0 Å². The Hall–Kier alpha value is -2.65. The third-order valence-corrected chi connectivity index (χ3v) is 9.44. The van der Waals surface area contributed by atoms with Gasteiger partial charge in [-0.15, -0.1) is 0 Å². The zero-order valence-electron chi connectivity index (χ0n) is 19.7. The molecule has 10 heteroatoms. The van der Waals surface area contributed by atoms with Gasteiger partial charge in [-0.1, -0.05) is 45.8 Å². The molecule has 1 unspecified atom stereocenters. The van der Waals surface area contributed by atoms with Crippen molar-refractivity contribution in [2.75, 3.05) is 11.4 Å². The lowest BCUT2D eigenvalue weighted by Crippen LogP contribution is -2.38. The topological polar surface area (TPSA) is 88.7 Å². The van der Waals surface area contributed by atoms with Gasteiger partial charge >= 0.3 is 5.97 Å². The molecule has 1 saturated heterocycles. The van der Waals surface area contributed by atoms with E-state index in [0.717, 1.165) is 58.9 Å². The number of carbonyl (C=O) groups is 1. The van der Waals surface area contributed by atoms with E-state index in [-0.39, 0.29) is 11.7 Å². The Balaban J connectivity index is 1.08. The summed E-state index contributed by atoms with van der Waals surface area (Å²) < 4.78 is 13.2. The van der Waals surface area contributed by atoms with Gasteiger partial charge in [-0.05, 0) is 56.0 Å². The zero-order valence-corrected chi connectivity index (χ0v) is 22.0. The molecule has 3 aliphatic rings. The lowest BCUT2D eigenvalue weighted by atomic mass is 10.0. The summed E-state index contributed by atoms with van der Waals surface area (Å²) in [6.07, 6.45) is 4.32. The molecule has 3 heterocycles. The summed E-state index contributed by atoms with van der Waals surface area (Å²) in [6.45, 7) is 1.29. The second-order valence-electron chi connectivity index (χ2n) is 10.1. The first-order chi connectivity index (χ1) is 18.0. The number of hydrogen-bond acceptors (Lipinski definition) is 7. The summed E-state index contributed by atoms with van der Waals surface area (Å²) in [4.78, 5) is 18.5. The minimum absolute atomic E-state index is 0.144. The highest BCUT2D eigenvalue weighted by Gasteiger charge is 2.46.